The van der Waals surface area contributed by atoms with E-state index < -0.39 is 0 Å². The Balaban J connectivity index is 1.30. The highest BCUT2D eigenvalue weighted by atomic mass is 16.2. The maximum absolute atomic E-state index is 12.7. The Morgan fingerprint density at radius 2 is 2.03 bits per heavy atom. The standard InChI is InChI=1S/C20H24N8O2/c1-13-22-18(26-25-13)14-4-3-5-17(10-14)24-20(30)28-8-6-16(7-9-28)23-19(29)15-11-21-27(2)12-15/h3-5,10-12,16H,6-9H2,1-2H3,(H,23,29)(H,24,30)(H,22,25,26). The number of rotatable bonds is 4. The summed E-state index contributed by atoms with van der Waals surface area (Å²) in [7, 11) is 1.77. The van der Waals surface area contributed by atoms with Gasteiger partial charge < -0.3 is 15.5 Å². The van der Waals surface area contributed by atoms with Crippen molar-refractivity contribution in [2.24, 2.45) is 7.05 Å². The van der Waals surface area contributed by atoms with Crippen molar-refractivity contribution < 1.29 is 9.59 Å². The molecule has 0 saturated carbocycles. The molecule has 1 aromatic carbocycles. The molecule has 1 saturated heterocycles. The molecule has 1 aliphatic rings. The Hall–Kier alpha value is -3.69. The van der Waals surface area contributed by atoms with Crippen molar-refractivity contribution in [2.75, 3.05) is 18.4 Å². The molecule has 3 amide bonds. The Bertz CT molecular complexity index is 1050. The minimum atomic E-state index is -0.157. The third-order valence-corrected chi connectivity index (χ3v) is 5.05. The molecule has 30 heavy (non-hydrogen) atoms. The summed E-state index contributed by atoms with van der Waals surface area (Å²) in [5.74, 6) is 1.19. The molecule has 0 bridgehead atoms. The van der Waals surface area contributed by atoms with Crippen molar-refractivity contribution in [2.45, 2.75) is 25.8 Å². The normalized spacial score (nSPS) is 14.5. The fourth-order valence-electron chi connectivity index (χ4n) is 3.44. The van der Waals surface area contributed by atoms with Gasteiger partial charge in [0, 0.05) is 43.6 Å². The van der Waals surface area contributed by atoms with Gasteiger partial charge in [-0.2, -0.15) is 10.2 Å². The lowest BCUT2D eigenvalue weighted by molar-refractivity contribution is 0.0919. The average Bonchev–Trinajstić information content (AvgIpc) is 3.37. The molecular weight excluding hydrogens is 384 g/mol. The van der Waals surface area contributed by atoms with Gasteiger partial charge in [0.1, 0.15) is 5.82 Å². The van der Waals surface area contributed by atoms with E-state index in [2.05, 4.69) is 30.9 Å². The van der Waals surface area contributed by atoms with Gasteiger partial charge in [-0.1, -0.05) is 12.1 Å². The van der Waals surface area contributed by atoms with Crippen LogP contribution in [0.15, 0.2) is 36.7 Å². The molecule has 3 N–H and O–H groups in total. The first-order valence-corrected chi connectivity index (χ1v) is 9.83. The lowest BCUT2D eigenvalue weighted by atomic mass is 10.0. The number of hydrogen-bond acceptors (Lipinski definition) is 5. The topological polar surface area (TPSA) is 121 Å². The smallest absolute Gasteiger partial charge is 0.321 e. The summed E-state index contributed by atoms with van der Waals surface area (Å²) in [5, 5.41) is 16.9. The molecule has 3 heterocycles. The summed E-state index contributed by atoms with van der Waals surface area (Å²) in [4.78, 5) is 31.0. The molecule has 2 aromatic heterocycles. The van der Waals surface area contributed by atoms with Crippen LogP contribution in [0, 0.1) is 6.92 Å². The van der Waals surface area contributed by atoms with E-state index in [1.54, 1.807) is 29.0 Å². The highest BCUT2D eigenvalue weighted by molar-refractivity contribution is 5.94. The highest BCUT2D eigenvalue weighted by Crippen LogP contribution is 2.20. The number of nitrogens with zero attached hydrogens (tertiary/aromatic N) is 5. The van der Waals surface area contributed by atoms with E-state index in [0.29, 0.717) is 43.0 Å². The first kappa shape index (κ1) is 19.6. The molecule has 10 nitrogen and oxygen atoms in total. The van der Waals surface area contributed by atoms with Crippen molar-refractivity contribution in [3.8, 4) is 11.4 Å². The van der Waals surface area contributed by atoms with E-state index in [1.165, 1.54) is 0 Å². The average molecular weight is 408 g/mol. The van der Waals surface area contributed by atoms with Gasteiger partial charge in [0.25, 0.3) is 5.91 Å². The summed E-state index contributed by atoms with van der Waals surface area (Å²) in [5.41, 5.74) is 2.06. The summed E-state index contributed by atoms with van der Waals surface area (Å²) < 4.78 is 1.60. The van der Waals surface area contributed by atoms with Crippen molar-refractivity contribution >= 4 is 17.6 Å². The van der Waals surface area contributed by atoms with Crippen LogP contribution in [0.5, 0.6) is 0 Å². The van der Waals surface area contributed by atoms with Crippen LogP contribution in [0.25, 0.3) is 11.4 Å². The number of H-pyrrole nitrogens is 1. The van der Waals surface area contributed by atoms with Crippen LogP contribution in [0.2, 0.25) is 0 Å². The largest absolute Gasteiger partial charge is 0.349 e. The summed E-state index contributed by atoms with van der Waals surface area (Å²) in [6, 6.07) is 7.32. The highest BCUT2D eigenvalue weighted by Gasteiger charge is 2.24. The van der Waals surface area contributed by atoms with Gasteiger partial charge in [-0.3, -0.25) is 14.6 Å². The number of nitrogens with one attached hydrogen (secondary N) is 3. The molecule has 1 fully saturated rings. The van der Waals surface area contributed by atoms with Gasteiger partial charge in [0.15, 0.2) is 5.82 Å². The SMILES string of the molecule is Cc1nc(-c2cccc(NC(=O)N3CCC(NC(=O)c4cnn(C)c4)CC3)c2)n[nH]1. The number of anilines is 1. The number of carbonyl (C=O) groups is 2. The zero-order valence-electron chi connectivity index (χ0n) is 16.9. The van der Waals surface area contributed by atoms with Crippen LogP contribution < -0.4 is 10.6 Å². The van der Waals surface area contributed by atoms with Crippen molar-refractivity contribution in [3.05, 3.63) is 48.0 Å². The fraction of sp³-hybridized carbons (Fsp3) is 0.350. The lowest BCUT2D eigenvalue weighted by Gasteiger charge is -2.32. The number of hydrogen-bond donors (Lipinski definition) is 3. The molecule has 1 aliphatic heterocycles. The van der Waals surface area contributed by atoms with E-state index in [0.717, 1.165) is 11.4 Å². The minimum absolute atomic E-state index is 0.0408. The van der Waals surface area contributed by atoms with Crippen molar-refractivity contribution in [1.29, 1.82) is 0 Å². The molecular formula is C20H24N8O2. The third kappa shape index (κ3) is 4.48. The van der Waals surface area contributed by atoms with Gasteiger partial charge >= 0.3 is 6.03 Å². The Kier molecular flexibility index (Phi) is 5.46. The first-order valence-electron chi connectivity index (χ1n) is 9.83. The zero-order chi connectivity index (χ0) is 21.1. The van der Waals surface area contributed by atoms with E-state index in [9.17, 15) is 9.59 Å². The Morgan fingerprint density at radius 3 is 2.70 bits per heavy atom. The molecule has 0 unspecified atom stereocenters. The van der Waals surface area contributed by atoms with Crippen LogP contribution in [0.1, 0.15) is 29.0 Å². The second-order valence-electron chi connectivity index (χ2n) is 7.39. The van der Waals surface area contributed by atoms with E-state index in [-0.39, 0.29) is 18.0 Å². The van der Waals surface area contributed by atoms with Gasteiger partial charge in [-0.05, 0) is 31.9 Å². The molecule has 3 aromatic rings. The summed E-state index contributed by atoms with van der Waals surface area (Å²) in [6.45, 7) is 2.98. The van der Waals surface area contributed by atoms with Crippen LogP contribution in [-0.4, -0.2) is 60.9 Å². The van der Waals surface area contributed by atoms with Crippen LogP contribution in [0.3, 0.4) is 0 Å². The molecule has 10 heteroatoms. The lowest BCUT2D eigenvalue weighted by Crippen LogP contribution is -2.47. The summed E-state index contributed by atoms with van der Waals surface area (Å²) in [6.07, 6.45) is 4.64. The van der Waals surface area contributed by atoms with Gasteiger partial charge in [0.2, 0.25) is 0 Å². The molecule has 0 spiro atoms. The zero-order valence-corrected chi connectivity index (χ0v) is 16.9. The number of aromatic nitrogens is 5. The Morgan fingerprint density at radius 1 is 1.23 bits per heavy atom. The third-order valence-electron chi connectivity index (χ3n) is 5.05. The molecule has 0 radical (unpaired) electrons. The number of urea groups is 1. The van der Waals surface area contributed by atoms with E-state index >= 15 is 0 Å². The van der Waals surface area contributed by atoms with Crippen molar-refractivity contribution in [1.82, 2.24) is 35.2 Å². The van der Waals surface area contributed by atoms with Gasteiger partial charge in [0.05, 0.1) is 11.8 Å². The Labute approximate surface area is 173 Å². The number of likely N-dealkylation sites (tertiary alicyclic amines) is 1. The van der Waals surface area contributed by atoms with Gasteiger partial charge in [-0.25, -0.2) is 9.78 Å². The van der Waals surface area contributed by atoms with Crippen LogP contribution in [-0.2, 0) is 7.05 Å². The van der Waals surface area contributed by atoms with E-state index in [4.69, 9.17) is 0 Å². The predicted octanol–water partition coefficient (Wildman–Crippen LogP) is 1.94. The van der Waals surface area contributed by atoms with Crippen LogP contribution in [0.4, 0.5) is 10.5 Å². The van der Waals surface area contributed by atoms with Crippen LogP contribution >= 0.6 is 0 Å². The maximum atomic E-state index is 12.7. The monoisotopic (exact) mass is 408 g/mol. The second kappa shape index (κ2) is 8.36. The number of carbonyl (C=O) groups excluding carboxylic acids is 2. The molecule has 0 atom stereocenters. The second-order valence-corrected chi connectivity index (χ2v) is 7.39. The number of amides is 3. The molecule has 4 rings (SSSR count). The predicted molar refractivity (Wildman–Crippen MR) is 111 cm³/mol. The first-order chi connectivity index (χ1) is 14.5. The quantitative estimate of drug-likeness (QED) is 0.609. The number of aromatic amines is 1. The fourth-order valence-corrected chi connectivity index (χ4v) is 3.44. The molecule has 156 valence electrons. The number of piperidine rings is 1. The maximum Gasteiger partial charge on any atom is 0.321 e. The van der Waals surface area contributed by atoms with Crippen molar-refractivity contribution in [3.63, 3.8) is 0 Å². The molecule has 0 aliphatic carbocycles. The minimum Gasteiger partial charge on any atom is -0.349 e. The van der Waals surface area contributed by atoms with E-state index in [1.807, 2.05) is 31.2 Å². The number of aryl methyl sites for hydroxylation is 2. The van der Waals surface area contributed by atoms with Gasteiger partial charge in [-0.15, -0.1) is 0 Å². The summed E-state index contributed by atoms with van der Waals surface area (Å²) >= 11 is 0. The number of benzene rings is 1.